The van der Waals surface area contributed by atoms with Crippen molar-refractivity contribution >= 4 is 22.7 Å². The fourth-order valence-corrected chi connectivity index (χ4v) is 7.27. The highest BCUT2D eigenvalue weighted by atomic mass is 16.5. The minimum absolute atomic E-state index is 0.000237. The van der Waals surface area contributed by atoms with Crippen molar-refractivity contribution in [2.24, 2.45) is 5.92 Å². The number of carbonyl (C=O) groups excluding carboxylic acids is 2. The molecule has 0 radical (unpaired) electrons. The van der Waals surface area contributed by atoms with Gasteiger partial charge in [-0.25, -0.2) is 0 Å². The highest BCUT2D eigenvalue weighted by Gasteiger charge is 2.66. The molecule has 0 saturated carbocycles. The number of ether oxygens (including phenoxy) is 2. The van der Waals surface area contributed by atoms with Crippen molar-refractivity contribution in [3.8, 4) is 11.5 Å². The summed E-state index contributed by atoms with van der Waals surface area (Å²) in [6.45, 7) is 2.95. The summed E-state index contributed by atoms with van der Waals surface area (Å²) >= 11 is 0. The second kappa shape index (κ2) is 8.90. The SMILES string of the molecule is COc1ccc2c(c1)OC[C@H]1[C@@H]2N2C(=O)CN(CCc3c[nH]c4ccccc34)C(=O)[C@@]2(C)[C@H]1c1ccccc1. The standard InChI is InChI=1S/C32H31N3O4/c1-32-29(20-8-4-3-5-9-20)25-19-39-27-16-22(38-2)12-13-24(27)30(25)35(32)28(36)18-34(31(32)37)15-14-21-17-33-26-11-7-6-10-23(21)26/h3-13,16-17,25,29-30,33H,14-15,18-19H2,1-2H3/t25-,29+,30-,32-/m1/s1. The Morgan fingerprint density at radius 3 is 2.67 bits per heavy atom. The molecule has 4 atom stereocenters. The van der Waals surface area contributed by atoms with Crippen molar-refractivity contribution in [2.45, 2.75) is 30.8 Å². The van der Waals surface area contributed by atoms with E-state index in [1.165, 1.54) is 0 Å². The molecule has 2 fully saturated rings. The van der Waals surface area contributed by atoms with Crippen LogP contribution in [-0.2, 0) is 16.0 Å². The van der Waals surface area contributed by atoms with Crippen LogP contribution in [0.15, 0.2) is 79.0 Å². The lowest BCUT2D eigenvalue weighted by Gasteiger charge is -2.47. The summed E-state index contributed by atoms with van der Waals surface area (Å²) in [6, 6.07) is 23.8. The smallest absolute Gasteiger partial charge is 0.249 e. The van der Waals surface area contributed by atoms with Crippen LogP contribution in [0.2, 0.25) is 0 Å². The Morgan fingerprint density at radius 2 is 1.85 bits per heavy atom. The highest BCUT2D eigenvalue weighted by molar-refractivity contribution is 6.00. The topological polar surface area (TPSA) is 74.9 Å². The van der Waals surface area contributed by atoms with E-state index in [0.29, 0.717) is 31.1 Å². The first-order valence-electron chi connectivity index (χ1n) is 13.5. The van der Waals surface area contributed by atoms with Crippen molar-refractivity contribution in [1.29, 1.82) is 0 Å². The van der Waals surface area contributed by atoms with Gasteiger partial charge in [0.15, 0.2) is 0 Å². The Labute approximate surface area is 227 Å². The Kier molecular flexibility index (Phi) is 5.44. The number of carbonyl (C=O) groups is 2. The quantitative estimate of drug-likeness (QED) is 0.413. The summed E-state index contributed by atoms with van der Waals surface area (Å²) in [5.74, 6) is 1.14. The second-order valence-corrected chi connectivity index (χ2v) is 11.0. The van der Waals surface area contributed by atoms with Crippen LogP contribution in [0.3, 0.4) is 0 Å². The monoisotopic (exact) mass is 521 g/mol. The van der Waals surface area contributed by atoms with Gasteiger partial charge >= 0.3 is 0 Å². The third-order valence-corrected chi connectivity index (χ3v) is 8.99. The number of piperazine rings is 1. The van der Waals surface area contributed by atoms with Gasteiger partial charge in [0.1, 0.15) is 17.0 Å². The van der Waals surface area contributed by atoms with E-state index in [4.69, 9.17) is 9.47 Å². The van der Waals surface area contributed by atoms with Crippen molar-refractivity contribution < 1.29 is 19.1 Å². The molecule has 1 aromatic heterocycles. The van der Waals surface area contributed by atoms with Gasteiger partial charge < -0.3 is 24.3 Å². The van der Waals surface area contributed by atoms with Crippen LogP contribution in [0.1, 0.15) is 35.6 Å². The molecule has 0 bridgehead atoms. The zero-order valence-electron chi connectivity index (χ0n) is 22.1. The van der Waals surface area contributed by atoms with Crippen molar-refractivity contribution in [2.75, 3.05) is 26.8 Å². The molecule has 3 aromatic carbocycles. The van der Waals surface area contributed by atoms with Gasteiger partial charge in [-0.2, -0.15) is 0 Å². The van der Waals surface area contributed by atoms with E-state index in [2.05, 4.69) is 23.2 Å². The van der Waals surface area contributed by atoms with Crippen LogP contribution in [0.5, 0.6) is 11.5 Å². The molecule has 2 saturated heterocycles. The molecule has 7 nitrogen and oxygen atoms in total. The molecule has 1 N–H and O–H groups in total. The minimum Gasteiger partial charge on any atom is -0.497 e. The van der Waals surface area contributed by atoms with E-state index >= 15 is 0 Å². The largest absolute Gasteiger partial charge is 0.497 e. The molecule has 0 unspecified atom stereocenters. The first kappa shape index (κ1) is 23.8. The van der Waals surface area contributed by atoms with E-state index in [0.717, 1.165) is 27.6 Å². The van der Waals surface area contributed by atoms with Crippen LogP contribution >= 0.6 is 0 Å². The molecular formula is C32H31N3O4. The number of methoxy groups -OCH3 is 1. The van der Waals surface area contributed by atoms with Gasteiger partial charge in [-0.1, -0.05) is 48.5 Å². The Balaban J connectivity index is 1.28. The molecule has 3 aliphatic rings. The second-order valence-electron chi connectivity index (χ2n) is 11.0. The van der Waals surface area contributed by atoms with E-state index in [-0.39, 0.29) is 36.2 Å². The third-order valence-electron chi connectivity index (χ3n) is 8.99. The molecule has 7 rings (SSSR count). The fourth-order valence-electron chi connectivity index (χ4n) is 7.27. The van der Waals surface area contributed by atoms with Crippen LogP contribution in [-0.4, -0.2) is 58.9 Å². The lowest BCUT2D eigenvalue weighted by molar-refractivity contribution is -0.163. The number of nitrogens with one attached hydrogen (secondary N) is 1. The van der Waals surface area contributed by atoms with E-state index in [1.54, 1.807) is 12.0 Å². The summed E-state index contributed by atoms with van der Waals surface area (Å²) in [6.07, 6.45) is 2.68. The number of para-hydroxylation sites is 1. The zero-order valence-corrected chi connectivity index (χ0v) is 22.1. The molecule has 7 heteroatoms. The van der Waals surface area contributed by atoms with Crippen molar-refractivity contribution in [3.63, 3.8) is 0 Å². The van der Waals surface area contributed by atoms with Gasteiger partial charge in [-0.05, 0) is 42.7 Å². The number of aromatic nitrogens is 1. The summed E-state index contributed by atoms with van der Waals surface area (Å²) in [5.41, 5.74) is 3.18. The highest BCUT2D eigenvalue weighted by Crippen LogP contribution is 2.60. The maximum atomic E-state index is 14.5. The van der Waals surface area contributed by atoms with E-state index in [9.17, 15) is 9.59 Å². The van der Waals surface area contributed by atoms with Gasteiger partial charge in [-0.15, -0.1) is 0 Å². The molecule has 0 aliphatic carbocycles. The van der Waals surface area contributed by atoms with Gasteiger partial charge in [0.05, 0.1) is 26.3 Å². The normalized spacial score (nSPS) is 25.7. The van der Waals surface area contributed by atoms with Crippen molar-refractivity contribution in [3.05, 3.63) is 95.7 Å². The molecule has 198 valence electrons. The molecule has 2 amide bonds. The van der Waals surface area contributed by atoms with Crippen LogP contribution in [0.25, 0.3) is 10.9 Å². The van der Waals surface area contributed by atoms with Gasteiger partial charge in [-0.3, -0.25) is 9.59 Å². The minimum atomic E-state index is -1.03. The first-order valence-corrected chi connectivity index (χ1v) is 13.5. The number of aromatic amines is 1. The summed E-state index contributed by atoms with van der Waals surface area (Å²) in [5, 5.41) is 1.15. The summed E-state index contributed by atoms with van der Waals surface area (Å²) in [7, 11) is 1.63. The molecular weight excluding hydrogens is 490 g/mol. The summed E-state index contributed by atoms with van der Waals surface area (Å²) < 4.78 is 11.7. The number of benzene rings is 3. The van der Waals surface area contributed by atoms with Gasteiger partial charge in [0.2, 0.25) is 11.8 Å². The molecule has 39 heavy (non-hydrogen) atoms. The van der Waals surface area contributed by atoms with E-state index in [1.807, 2.05) is 72.6 Å². The summed E-state index contributed by atoms with van der Waals surface area (Å²) in [4.78, 5) is 35.5. The third kappa shape index (κ3) is 3.49. The van der Waals surface area contributed by atoms with Crippen LogP contribution in [0.4, 0.5) is 0 Å². The van der Waals surface area contributed by atoms with Crippen LogP contribution in [0, 0.1) is 5.92 Å². The first-order chi connectivity index (χ1) is 19.0. The van der Waals surface area contributed by atoms with Gasteiger partial charge in [0, 0.05) is 47.1 Å². The maximum Gasteiger partial charge on any atom is 0.249 e. The number of nitrogens with zero attached hydrogens (tertiary/aromatic N) is 2. The Bertz CT molecular complexity index is 1580. The maximum absolute atomic E-state index is 14.5. The number of hydrogen-bond acceptors (Lipinski definition) is 4. The lowest BCUT2D eigenvalue weighted by atomic mass is 9.73. The average molecular weight is 522 g/mol. The predicted octanol–water partition coefficient (Wildman–Crippen LogP) is 4.70. The average Bonchev–Trinajstić information content (AvgIpc) is 3.51. The molecule has 0 spiro atoms. The van der Waals surface area contributed by atoms with Crippen molar-refractivity contribution in [1.82, 2.24) is 14.8 Å². The number of fused-ring (bicyclic) bond motifs is 6. The number of rotatable bonds is 5. The number of H-pyrrole nitrogens is 1. The lowest BCUT2D eigenvalue weighted by Crippen LogP contribution is -2.66. The number of amides is 2. The molecule has 4 aromatic rings. The van der Waals surface area contributed by atoms with Gasteiger partial charge in [0.25, 0.3) is 0 Å². The fraction of sp³-hybridized carbons (Fsp3) is 0.312. The predicted molar refractivity (Wildman–Crippen MR) is 148 cm³/mol. The number of hydrogen-bond donors (Lipinski definition) is 1. The molecule has 3 aliphatic heterocycles. The Hall–Kier alpha value is -4.26. The van der Waals surface area contributed by atoms with E-state index < -0.39 is 5.54 Å². The zero-order chi connectivity index (χ0) is 26.7. The molecule has 4 heterocycles. The van der Waals surface area contributed by atoms with Crippen LogP contribution < -0.4 is 9.47 Å². The Morgan fingerprint density at radius 1 is 1.05 bits per heavy atom.